The summed E-state index contributed by atoms with van der Waals surface area (Å²) in [5, 5.41) is 5.77. The van der Waals surface area contributed by atoms with E-state index in [1.165, 1.54) is 0 Å². The summed E-state index contributed by atoms with van der Waals surface area (Å²) in [7, 11) is 0. The predicted molar refractivity (Wildman–Crippen MR) is 116 cm³/mol. The monoisotopic (exact) mass is 451 g/mol. The summed E-state index contributed by atoms with van der Waals surface area (Å²) in [6, 6.07) is 6.37. The third-order valence-corrected chi connectivity index (χ3v) is 3.96. The van der Waals surface area contributed by atoms with Crippen molar-refractivity contribution in [1.82, 2.24) is 5.32 Å². The van der Waals surface area contributed by atoms with Gasteiger partial charge in [-0.05, 0) is 44.5 Å². The van der Waals surface area contributed by atoms with E-state index in [9.17, 15) is 19.2 Å². The van der Waals surface area contributed by atoms with Gasteiger partial charge >= 0.3 is 18.2 Å². The Kier molecular flexibility index (Phi) is 11.6. The molecule has 1 aliphatic heterocycles. The molecule has 0 aromatic heterocycles. The van der Waals surface area contributed by atoms with E-state index in [2.05, 4.69) is 24.8 Å². The number of nitrogens with one attached hydrogen (secondary N) is 1. The molecule has 12 nitrogen and oxygen atoms in total. The molecule has 12 heteroatoms. The molecule has 0 radical (unpaired) electrons. The second-order valence-electron chi connectivity index (χ2n) is 6.29. The highest BCUT2D eigenvalue weighted by atomic mass is 16.8. The smallest absolute Gasteiger partial charge is 0.466 e. The van der Waals surface area contributed by atoms with Crippen LogP contribution >= 0.6 is 0 Å². The topological polar surface area (TPSA) is 176 Å². The number of urea groups is 1. The van der Waals surface area contributed by atoms with Gasteiger partial charge in [-0.25, -0.2) is 9.59 Å². The van der Waals surface area contributed by atoms with E-state index < -0.39 is 12.2 Å². The molecule has 0 aliphatic carbocycles. The number of oxime groups is 1. The molecule has 1 aromatic carbocycles. The second-order valence-corrected chi connectivity index (χ2v) is 6.29. The van der Waals surface area contributed by atoms with Crippen LogP contribution in [0.4, 0.5) is 15.3 Å². The van der Waals surface area contributed by atoms with E-state index in [0.29, 0.717) is 18.6 Å². The van der Waals surface area contributed by atoms with Crippen LogP contribution in [0.5, 0.6) is 0 Å². The normalized spacial score (nSPS) is 13.0. The highest BCUT2D eigenvalue weighted by Gasteiger charge is 2.21. The number of carbonyl (C=O) groups excluding carboxylic acids is 4. The molecular weight excluding hydrogens is 422 g/mol. The first kappa shape index (κ1) is 26.2. The number of nitrogens with two attached hydrogens (primary N) is 2. The number of amides is 3. The molecule has 3 amide bonds. The molecule has 1 fully saturated rings. The van der Waals surface area contributed by atoms with E-state index in [-0.39, 0.29) is 37.3 Å². The molecule has 1 saturated heterocycles. The molecule has 0 saturated carbocycles. The summed E-state index contributed by atoms with van der Waals surface area (Å²) >= 11 is 0. The van der Waals surface area contributed by atoms with Gasteiger partial charge in [0.1, 0.15) is 0 Å². The number of hydrogen-bond donors (Lipinski definition) is 3. The van der Waals surface area contributed by atoms with Gasteiger partial charge in [0, 0.05) is 30.8 Å². The molecule has 176 valence electrons. The molecule has 1 heterocycles. The zero-order valence-electron chi connectivity index (χ0n) is 18.2. The zero-order chi connectivity index (χ0) is 23.9. The van der Waals surface area contributed by atoms with Gasteiger partial charge in [-0.3, -0.25) is 14.4 Å². The van der Waals surface area contributed by atoms with Gasteiger partial charge in [0.2, 0.25) is 5.91 Å². The number of rotatable bonds is 8. The first-order valence-electron chi connectivity index (χ1n) is 10.0. The maximum Gasteiger partial charge on any atom is 0.535 e. The van der Waals surface area contributed by atoms with Crippen molar-refractivity contribution in [1.29, 1.82) is 0 Å². The number of amidine groups is 1. The Hall–Kier alpha value is -3.83. The Morgan fingerprint density at radius 3 is 2.28 bits per heavy atom. The molecule has 1 aromatic rings. The van der Waals surface area contributed by atoms with Crippen molar-refractivity contribution in [3.63, 3.8) is 0 Å². The molecule has 1 aliphatic rings. The standard InChI is InChI=1S/C14H17N3O4.C6H12N2O3/c1-2-20-14(19)21-16-13(15)10-5-7-11(8-6-10)17-9-3-4-12(17)18;1-2-11-5(9)3-4-8-6(7)10/h5-8H,2-4,9H2,1H3,(H2,15,16);2-4H2,1H3,(H3,7,8,10). The molecule has 0 bridgehead atoms. The fourth-order valence-electron chi connectivity index (χ4n) is 2.54. The minimum absolute atomic E-state index is 0.0577. The van der Waals surface area contributed by atoms with Crippen LogP contribution < -0.4 is 21.7 Å². The van der Waals surface area contributed by atoms with E-state index in [0.717, 1.165) is 18.7 Å². The summed E-state index contributed by atoms with van der Waals surface area (Å²) < 4.78 is 9.15. The maximum atomic E-state index is 11.6. The van der Waals surface area contributed by atoms with Crippen LogP contribution in [0, 0.1) is 0 Å². The first-order chi connectivity index (χ1) is 15.3. The van der Waals surface area contributed by atoms with Crippen LogP contribution in [0.15, 0.2) is 29.4 Å². The Morgan fingerprint density at radius 1 is 1.09 bits per heavy atom. The third-order valence-electron chi connectivity index (χ3n) is 3.96. The van der Waals surface area contributed by atoms with E-state index in [1.807, 2.05) is 0 Å². The van der Waals surface area contributed by atoms with Gasteiger partial charge in [0.05, 0.1) is 19.6 Å². The second kappa shape index (κ2) is 14.2. The van der Waals surface area contributed by atoms with Gasteiger partial charge in [0.25, 0.3) is 0 Å². The van der Waals surface area contributed by atoms with Crippen LogP contribution in [-0.2, 0) is 23.9 Å². The van der Waals surface area contributed by atoms with Gasteiger partial charge < -0.3 is 31.2 Å². The number of benzene rings is 1. The molecular formula is C20H29N5O7. The largest absolute Gasteiger partial charge is 0.535 e. The minimum atomic E-state index is -0.903. The Morgan fingerprint density at radius 2 is 1.75 bits per heavy atom. The minimum Gasteiger partial charge on any atom is -0.466 e. The lowest BCUT2D eigenvalue weighted by atomic mass is 10.2. The molecule has 0 spiro atoms. The summed E-state index contributed by atoms with van der Waals surface area (Å²) in [6.07, 6.45) is 0.715. The number of carbonyl (C=O) groups is 4. The fraction of sp³-hybridized carbons (Fsp3) is 0.450. The van der Waals surface area contributed by atoms with Crippen LogP contribution in [0.25, 0.3) is 0 Å². The van der Waals surface area contributed by atoms with Crippen LogP contribution in [0.1, 0.15) is 38.7 Å². The Labute approximate surface area is 185 Å². The van der Waals surface area contributed by atoms with Crippen molar-refractivity contribution in [2.75, 3.05) is 31.2 Å². The van der Waals surface area contributed by atoms with Gasteiger partial charge in [-0.15, -0.1) is 0 Å². The highest BCUT2D eigenvalue weighted by Crippen LogP contribution is 2.21. The average Bonchev–Trinajstić information content (AvgIpc) is 3.18. The molecule has 0 atom stereocenters. The van der Waals surface area contributed by atoms with Gasteiger partial charge in [0.15, 0.2) is 5.84 Å². The number of esters is 1. The maximum absolute atomic E-state index is 11.6. The summed E-state index contributed by atoms with van der Waals surface area (Å²) in [5.41, 5.74) is 11.9. The molecule has 32 heavy (non-hydrogen) atoms. The Bertz CT molecular complexity index is 811. The number of nitrogens with zero attached hydrogens (tertiary/aromatic N) is 2. The lowest BCUT2D eigenvalue weighted by Gasteiger charge is -2.15. The fourth-order valence-corrected chi connectivity index (χ4v) is 2.54. The number of primary amides is 1. The van der Waals surface area contributed by atoms with Crippen molar-refractivity contribution in [2.24, 2.45) is 16.6 Å². The predicted octanol–water partition coefficient (Wildman–Crippen LogP) is 1.21. The number of ether oxygens (including phenoxy) is 2. The quantitative estimate of drug-likeness (QED) is 0.174. The summed E-state index contributed by atoms with van der Waals surface area (Å²) in [6.45, 7) is 4.90. The van der Waals surface area contributed by atoms with Crippen LogP contribution in [0.2, 0.25) is 0 Å². The number of hydrogen-bond acceptors (Lipinski definition) is 8. The lowest BCUT2D eigenvalue weighted by Crippen LogP contribution is -2.31. The Balaban J connectivity index is 0.000000396. The molecule has 5 N–H and O–H groups in total. The van der Waals surface area contributed by atoms with Crippen LogP contribution in [-0.4, -0.2) is 56.2 Å². The zero-order valence-corrected chi connectivity index (χ0v) is 18.2. The number of anilines is 1. The van der Waals surface area contributed by atoms with Crippen molar-refractivity contribution >= 4 is 35.6 Å². The van der Waals surface area contributed by atoms with Crippen molar-refractivity contribution in [3.8, 4) is 0 Å². The summed E-state index contributed by atoms with van der Waals surface area (Å²) in [4.78, 5) is 49.5. The van der Waals surface area contributed by atoms with E-state index in [4.69, 9.17) is 11.5 Å². The SMILES string of the molecule is CCOC(=O)CCNC(N)=O.CCOC(=O)O/N=C(\N)c1ccc(N2CCCC2=O)cc1. The van der Waals surface area contributed by atoms with Crippen LogP contribution in [0.3, 0.4) is 0 Å². The highest BCUT2D eigenvalue weighted by molar-refractivity contribution is 5.99. The van der Waals surface area contributed by atoms with Gasteiger partial charge in [-0.1, -0.05) is 5.16 Å². The van der Waals surface area contributed by atoms with E-state index >= 15 is 0 Å². The van der Waals surface area contributed by atoms with E-state index in [1.54, 1.807) is 43.0 Å². The molecule has 0 unspecified atom stereocenters. The average molecular weight is 451 g/mol. The van der Waals surface area contributed by atoms with Gasteiger partial charge in [-0.2, -0.15) is 0 Å². The van der Waals surface area contributed by atoms with Crippen molar-refractivity contribution in [3.05, 3.63) is 29.8 Å². The molecule has 2 rings (SSSR count). The lowest BCUT2D eigenvalue weighted by molar-refractivity contribution is -0.142. The van der Waals surface area contributed by atoms with Crippen molar-refractivity contribution < 1.29 is 33.5 Å². The van der Waals surface area contributed by atoms with Crippen molar-refractivity contribution in [2.45, 2.75) is 33.1 Å². The first-order valence-corrected chi connectivity index (χ1v) is 10.0. The third kappa shape index (κ3) is 9.78. The summed E-state index contributed by atoms with van der Waals surface area (Å²) in [5.74, 6) is -0.154.